The predicted octanol–water partition coefficient (Wildman–Crippen LogP) is 5.11. The summed E-state index contributed by atoms with van der Waals surface area (Å²) in [7, 11) is 1.96. The number of aromatic nitrogens is 4. The predicted molar refractivity (Wildman–Crippen MR) is 133 cm³/mol. The van der Waals surface area contributed by atoms with E-state index >= 15 is 0 Å². The number of hydrogen-bond acceptors (Lipinski definition) is 5. The highest BCUT2D eigenvalue weighted by molar-refractivity contribution is 7.99. The number of carbonyl (C=O) groups is 1. The zero-order valence-corrected chi connectivity index (χ0v) is 19.8. The van der Waals surface area contributed by atoms with Gasteiger partial charge in [-0.2, -0.15) is 0 Å². The van der Waals surface area contributed by atoms with Gasteiger partial charge in [-0.25, -0.2) is 4.98 Å². The van der Waals surface area contributed by atoms with Crippen LogP contribution < -0.4 is 0 Å². The number of carbonyl (C=O) groups excluding carboxylic acids is 1. The fourth-order valence-corrected chi connectivity index (χ4v) is 5.08. The second kappa shape index (κ2) is 9.35. The van der Waals surface area contributed by atoms with Crippen molar-refractivity contribution in [3.8, 4) is 22.6 Å². The van der Waals surface area contributed by atoms with Crippen LogP contribution in [0, 0.1) is 6.92 Å². The molecule has 1 fully saturated rings. The Kier molecular flexibility index (Phi) is 6.13. The summed E-state index contributed by atoms with van der Waals surface area (Å²) >= 11 is 1.45. The number of piperidine rings is 1. The van der Waals surface area contributed by atoms with Gasteiger partial charge in [-0.1, -0.05) is 59.8 Å². The number of likely N-dealkylation sites (tertiary alicyclic amines) is 1. The number of pyridine rings is 1. The van der Waals surface area contributed by atoms with E-state index in [2.05, 4.69) is 53.5 Å². The van der Waals surface area contributed by atoms with E-state index in [-0.39, 0.29) is 5.91 Å². The fourth-order valence-electron chi connectivity index (χ4n) is 4.27. The van der Waals surface area contributed by atoms with Crippen LogP contribution in [0.1, 0.15) is 24.8 Å². The minimum atomic E-state index is 0.181. The number of para-hydroxylation sites is 1. The van der Waals surface area contributed by atoms with Crippen LogP contribution in [-0.4, -0.2) is 49.4 Å². The lowest BCUT2D eigenvalue weighted by Gasteiger charge is -2.26. The van der Waals surface area contributed by atoms with Crippen molar-refractivity contribution in [3.63, 3.8) is 0 Å². The lowest BCUT2D eigenvalue weighted by atomic mass is 10.0. The zero-order valence-electron chi connectivity index (χ0n) is 19.0. The van der Waals surface area contributed by atoms with Gasteiger partial charge in [0.05, 0.1) is 17.0 Å². The highest BCUT2D eigenvalue weighted by Gasteiger charge is 2.20. The van der Waals surface area contributed by atoms with Crippen LogP contribution in [0.4, 0.5) is 0 Å². The molecule has 168 valence electrons. The molecule has 0 radical (unpaired) electrons. The van der Waals surface area contributed by atoms with Crippen LogP contribution in [0.5, 0.6) is 0 Å². The SMILES string of the molecule is Cc1ccc(-c2cc(-c3nnc(SCC(=O)N4CCCCC4)n3C)c3ccccc3n2)cc1. The van der Waals surface area contributed by atoms with Crippen LogP contribution >= 0.6 is 11.8 Å². The molecule has 0 spiro atoms. The Balaban J connectivity index is 1.47. The lowest BCUT2D eigenvalue weighted by Crippen LogP contribution is -2.36. The molecule has 0 bridgehead atoms. The minimum Gasteiger partial charge on any atom is -0.342 e. The molecule has 1 saturated heterocycles. The van der Waals surface area contributed by atoms with Gasteiger partial charge < -0.3 is 9.47 Å². The van der Waals surface area contributed by atoms with Crippen LogP contribution in [0.2, 0.25) is 0 Å². The van der Waals surface area contributed by atoms with Gasteiger partial charge in [0.15, 0.2) is 11.0 Å². The Labute approximate surface area is 198 Å². The second-order valence-corrected chi connectivity index (χ2v) is 9.48. The third-order valence-electron chi connectivity index (χ3n) is 6.17. The van der Waals surface area contributed by atoms with Crippen molar-refractivity contribution in [3.05, 3.63) is 60.2 Å². The lowest BCUT2D eigenvalue weighted by molar-refractivity contribution is -0.129. The summed E-state index contributed by atoms with van der Waals surface area (Å²) in [6, 6.07) is 18.6. The molecular weight excluding hydrogens is 430 g/mol. The first-order valence-electron chi connectivity index (χ1n) is 11.4. The summed E-state index contributed by atoms with van der Waals surface area (Å²) in [6.07, 6.45) is 3.42. The normalized spacial score (nSPS) is 14.1. The molecule has 0 saturated carbocycles. The molecule has 5 rings (SSSR count). The smallest absolute Gasteiger partial charge is 0.233 e. The highest BCUT2D eigenvalue weighted by atomic mass is 32.2. The van der Waals surface area contributed by atoms with E-state index < -0.39 is 0 Å². The molecule has 3 heterocycles. The first kappa shape index (κ1) is 21.6. The maximum Gasteiger partial charge on any atom is 0.233 e. The van der Waals surface area contributed by atoms with Crippen LogP contribution in [-0.2, 0) is 11.8 Å². The van der Waals surface area contributed by atoms with Gasteiger partial charge in [-0.05, 0) is 38.3 Å². The molecule has 1 amide bonds. The van der Waals surface area contributed by atoms with Crippen molar-refractivity contribution in [1.29, 1.82) is 0 Å². The standard InChI is InChI=1S/C26H27N5OS/c1-18-10-12-19(13-11-18)23-16-21(20-8-4-5-9-22(20)27-23)25-28-29-26(30(25)2)33-17-24(32)31-14-6-3-7-15-31/h4-5,8-13,16H,3,6-7,14-15,17H2,1-2H3. The van der Waals surface area contributed by atoms with Gasteiger partial charge in [0.1, 0.15) is 0 Å². The molecule has 7 heteroatoms. The van der Waals surface area contributed by atoms with Crippen LogP contribution in [0.25, 0.3) is 33.5 Å². The summed E-state index contributed by atoms with van der Waals surface area (Å²) in [5.41, 5.74) is 5.09. The van der Waals surface area contributed by atoms with E-state index in [0.717, 1.165) is 64.6 Å². The van der Waals surface area contributed by atoms with Crippen LogP contribution in [0.15, 0.2) is 59.8 Å². The van der Waals surface area contributed by atoms with Crippen molar-refractivity contribution in [2.45, 2.75) is 31.3 Å². The van der Waals surface area contributed by atoms with Crippen molar-refractivity contribution < 1.29 is 4.79 Å². The molecule has 4 aromatic rings. The van der Waals surface area contributed by atoms with E-state index in [1.54, 1.807) is 0 Å². The van der Waals surface area contributed by atoms with Gasteiger partial charge in [0.2, 0.25) is 5.91 Å². The maximum absolute atomic E-state index is 12.6. The molecule has 33 heavy (non-hydrogen) atoms. The first-order valence-corrected chi connectivity index (χ1v) is 12.4. The monoisotopic (exact) mass is 457 g/mol. The Morgan fingerprint density at radius 1 is 1.00 bits per heavy atom. The zero-order chi connectivity index (χ0) is 22.8. The van der Waals surface area contributed by atoms with E-state index in [0.29, 0.717) is 5.75 Å². The van der Waals surface area contributed by atoms with E-state index in [9.17, 15) is 4.79 Å². The fraction of sp³-hybridized carbons (Fsp3) is 0.308. The summed E-state index contributed by atoms with van der Waals surface area (Å²) in [5.74, 6) is 1.34. The maximum atomic E-state index is 12.6. The number of aryl methyl sites for hydroxylation is 1. The Morgan fingerprint density at radius 3 is 2.55 bits per heavy atom. The number of fused-ring (bicyclic) bond motifs is 1. The first-order chi connectivity index (χ1) is 16.1. The molecule has 0 unspecified atom stereocenters. The van der Waals surface area contributed by atoms with Crippen molar-refractivity contribution in [2.75, 3.05) is 18.8 Å². The van der Waals surface area contributed by atoms with E-state index in [4.69, 9.17) is 4.98 Å². The molecule has 2 aromatic heterocycles. The average Bonchev–Trinajstić information content (AvgIpc) is 3.22. The topological polar surface area (TPSA) is 63.9 Å². The summed E-state index contributed by atoms with van der Waals surface area (Å²) in [4.78, 5) is 19.5. The molecule has 0 atom stereocenters. The summed E-state index contributed by atoms with van der Waals surface area (Å²) < 4.78 is 1.98. The summed E-state index contributed by atoms with van der Waals surface area (Å²) in [6.45, 7) is 3.82. The second-order valence-electron chi connectivity index (χ2n) is 8.53. The number of rotatable bonds is 5. The van der Waals surface area contributed by atoms with Gasteiger partial charge in [0.25, 0.3) is 0 Å². The number of nitrogens with zero attached hydrogens (tertiary/aromatic N) is 5. The molecule has 0 N–H and O–H groups in total. The van der Waals surface area contributed by atoms with Gasteiger partial charge in [-0.15, -0.1) is 10.2 Å². The highest BCUT2D eigenvalue weighted by Crippen LogP contribution is 2.32. The third kappa shape index (κ3) is 4.50. The number of hydrogen-bond donors (Lipinski definition) is 0. The van der Waals surface area contributed by atoms with Crippen LogP contribution in [0.3, 0.4) is 0 Å². The van der Waals surface area contributed by atoms with E-state index in [1.165, 1.54) is 23.7 Å². The van der Waals surface area contributed by atoms with Gasteiger partial charge >= 0.3 is 0 Å². The molecular formula is C26H27N5OS. The largest absolute Gasteiger partial charge is 0.342 e. The molecule has 2 aromatic carbocycles. The number of benzene rings is 2. The molecule has 6 nitrogen and oxygen atoms in total. The van der Waals surface area contributed by atoms with Crippen molar-refractivity contribution >= 4 is 28.6 Å². The Hall–Kier alpha value is -3.19. The average molecular weight is 458 g/mol. The number of thioether (sulfide) groups is 1. The Bertz CT molecular complexity index is 1290. The van der Waals surface area contributed by atoms with Gasteiger partial charge in [0, 0.05) is 36.7 Å². The van der Waals surface area contributed by atoms with Gasteiger partial charge in [-0.3, -0.25) is 4.79 Å². The van der Waals surface area contributed by atoms with Crippen molar-refractivity contribution in [1.82, 2.24) is 24.6 Å². The Morgan fingerprint density at radius 2 is 1.76 bits per heavy atom. The molecule has 1 aliphatic rings. The third-order valence-corrected chi connectivity index (χ3v) is 7.18. The number of amides is 1. The quantitative estimate of drug-likeness (QED) is 0.390. The summed E-state index contributed by atoms with van der Waals surface area (Å²) in [5, 5.41) is 10.7. The van der Waals surface area contributed by atoms with E-state index in [1.807, 2.05) is 34.7 Å². The molecule has 0 aliphatic carbocycles. The molecule has 1 aliphatic heterocycles. The van der Waals surface area contributed by atoms with Crippen molar-refractivity contribution in [2.24, 2.45) is 7.05 Å². The minimum absolute atomic E-state index is 0.181.